The summed E-state index contributed by atoms with van der Waals surface area (Å²) >= 11 is 0. The van der Waals surface area contributed by atoms with E-state index in [0.29, 0.717) is 0 Å². The van der Waals surface area contributed by atoms with Crippen LogP contribution in [0.5, 0.6) is 0 Å². The van der Waals surface area contributed by atoms with E-state index in [1.54, 1.807) is 0 Å². The average Bonchev–Trinajstić information content (AvgIpc) is 2.91. The van der Waals surface area contributed by atoms with Gasteiger partial charge in [-0.25, -0.2) is 19.9 Å². The van der Waals surface area contributed by atoms with E-state index in [9.17, 15) is 0 Å². The number of hydrogen-bond acceptors (Lipinski definition) is 4. The highest BCUT2D eigenvalue weighted by molar-refractivity contribution is 6.04. The van der Waals surface area contributed by atoms with Crippen molar-refractivity contribution in [3.8, 4) is 22.5 Å². The number of rotatable bonds is 2. The molecule has 36 heavy (non-hydrogen) atoms. The Morgan fingerprint density at radius 2 is 1.00 bits per heavy atom. The van der Waals surface area contributed by atoms with Crippen LogP contribution in [0.1, 0.15) is 11.1 Å². The van der Waals surface area contributed by atoms with Gasteiger partial charge in [-0.15, -0.1) is 0 Å². The fourth-order valence-electron chi connectivity index (χ4n) is 5.10. The van der Waals surface area contributed by atoms with Crippen LogP contribution in [0.25, 0.3) is 66.4 Å². The molecule has 0 unspecified atom stereocenters. The summed E-state index contributed by atoms with van der Waals surface area (Å²) in [6.07, 6.45) is 0. The first kappa shape index (κ1) is 20.7. The molecule has 4 heteroatoms. The van der Waals surface area contributed by atoms with Gasteiger partial charge in [0.1, 0.15) is 0 Å². The van der Waals surface area contributed by atoms with E-state index in [4.69, 9.17) is 19.9 Å². The lowest BCUT2D eigenvalue weighted by Gasteiger charge is -2.16. The van der Waals surface area contributed by atoms with Crippen LogP contribution in [0.15, 0.2) is 97.1 Å². The maximum Gasteiger partial charge on any atom is 0.0995 e. The topological polar surface area (TPSA) is 51.6 Å². The largest absolute Gasteiger partial charge is 0.248 e. The van der Waals surface area contributed by atoms with E-state index >= 15 is 0 Å². The Labute approximate surface area is 208 Å². The van der Waals surface area contributed by atoms with Crippen LogP contribution in [0.2, 0.25) is 0 Å². The molecule has 0 saturated heterocycles. The minimum absolute atomic E-state index is 0.839. The quantitative estimate of drug-likeness (QED) is 0.246. The number of benzene rings is 4. The van der Waals surface area contributed by atoms with Crippen molar-refractivity contribution in [2.75, 3.05) is 0 Å². The third-order valence-corrected chi connectivity index (χ3v) is 6.87. The summed E-state index contributed by atoms with van der Waals surface area (Å²) in [6.45, 7) is 4.20. The maximum absolute atomic E-state index is 5.15. The highest BCUT2D eigenvalue weighted by atomic mass is 14.8. The van der Waals surface area contributed by atoms with E-state index in [1.165, 1.54) is 0 Å². The zero-order valence-corrected chi connectivity index (χ0v) is 20.0. The van der Waals surface area contributed by atoms with Gasteiger partial charge in [0, 0.05) is 21.9 Å². The van der Waals surface area contributed by atoms with Crippen LogP contribution >= 0.6 is 0 Å². The van der Waals surface area contributed by atoms with E-state index in [-0.39, 0.29) is 0 Å². The fraction of sp³-hybridized carbons (Fsp3) is 0.0625. The molecule has 0 radical (unpaired) electrons. The number of fused-ring (bicyclic) bond motifs is 4. The molecule has 4 nitrogen and oxygen atoms in total. The lowest BCUT2D eigenvalue weighted by Crippen LogP contribution is -1.99. The molecule has 7 rings (SSSR count). The van der Waals surface area contributed by atoms with Gasteiger partial charge < -0.3 is 0 Å². The monoisotopic (exact) mass is 462 g/mol. The molecular weight excluding hydrogens is 440 g/mol. The average molecular weight is 463 g/mol. The molecule has 3 aromatic heterocycles. The lowest BCUT2D eigenvalue weighted by molar-refractivity contribution is 1.31. The molecule has 7 aromatic rings. The van der Waals surface area contributed by atoms with Crippen LogP contribution in [0.4, 0.5) is 0 Å². The minimum atomic E-state index is 0.839. The molecule has 0 spiro atoms. The number of aromatic nitrogens is 4. The summed E-state index contributed by atoms with van der Waals surface area (Å²) < 4.78 is 0. The van der Waals surface area contributed by atoms with Crippen LogP contribution < -0.4 is 0 Å². The first-order valence-corrected chi connectivity index (χ1v) is 12.1. The van der Waals surface area contributed by atoms with Gasteiger partial charge in [-0.05, 0) is 61.4 Å². The van der Waals surface area contributed by atoms with Crippen LogP contribution in [0.3, 0.4) is 0 Å². The Balaban J connectivity index is 1.62. The molecule has 170 valence electrons. The molecule has 0 atom stereocenters. The summed E-state index contributed by atoms with van der Waals surface area (Å²) in [5, 5.41) is 2.22. The second-order valence-electron chi connectivity index (χ2n) is 9.26. The fourth-order valence-corrected chi connectivity index (χ4v) is 5.10. The van der Waals surface area contributed by atoms with Crippen LogP contribution in [-0.2, 0) is 0 Å². The number of nitrogens with zero attached hydrogens (tertiary/aromatic N) is 4. The third-order valence-electron chi connectivity index (χ3n) is 6.87. The number of aryl methyl sites for hydroxylation is 2. The van der Waals surface area contributed by atoms with E-state index in [1.807, 2.05) is 36.4 Å². The van der Waals surface area contributed by atoms with Crippen molar-refractivity contribution in [1.29, 1.82) is 0 Å². The molecule has 0 aliphatic rings. The summed E-state index contributed by atoms with van der Waals surface area (Å²) in [5.41, 5.74) is 11.4. The first-order chi connectivity index (χ1) is 17.7. The molecule has 0 N–H and O–H groups in total. The predicted molar refractivity (Wildman–Crippen MR) is 148 cm³/mol. The van der Waals surface area contributed by atoms with Crippen molar-refractivity contribution in [3.63, 3.8) is 0 Å². The Morgan fingerprint density at radius 1 is 0.417 bits per heavy atom. The van der Waals surface area contributed by atoms with Gasteiger partial charge >= 0.3 is 0 Å². The standard InChI is InChI=1S/C32H22N4/c1-19-8-7-13-27-31(19)36-28-18-20(2)29(25-16-14-21-9-3-5-11-23(21)33-25)30(32(28)35-27)26-17-15-22-10-4-6-12-24(22)34-26/h3-18H,1-2H3. The minimum Gasteiger partial charge on any atom is -0.248 e. The second-order valence-corrected chi connectivity index (χ2v) is 9.26. The summed E-state index contributed by atoms with van der Waals surface area (Å²) in [7, 11) is 0. The van der Waals surface area contributed by atoms with Crippen LogP contribution in [-0.4, -0.2) is 19.9 Å². The second kappa shape index (κ2) is 7.92. The molecular formula is C32H22N4. The Hall–Kier alpha value is -4.70. The number of para-hydroxylation sites is 3. The van der Waals surface area contributed by atoms with Crippen molar-refractivity contribution in [3.05, 3.63) is 108 Å². The molecule has 0 aliphatic carbocycles. The SMILES string of the molecule is Cc1cc2nc3c(C)cccc3nc2c(-c2ccc3ccccc3n2)c1-c1ccc2ccccc2n1. The molecule has 3 heterocycles. The van der Waals surface area contributed by atoms with Crippen molar-refractivity contribution >= 4 is 43.9 Å². The molecule has 0 bridgehead atoms. The van der Waals surface area contributed by atoms with Crippen molar-refractivity contribution in [2.24, 2.45) is 0 Å². The third kappa shape index (κ3) is 3.23. The van der Waals surface area contributed by atoms with Crippen molar-refractivity contribution in [1.82, 2.24) is 19.9 Å². The maximum atomic E-state index is 5.15. The number of pyridine rings is 2. The van der Waals surface area contributed by atoms with E-state index < -0.39 is 0 Å². The summed E-state index contributed by atoms with van der Waals surface area (Å²) in [5.74, 6) is 0. The van der Waals surface area contributed by atoms with E-state index in [2.05, 4.69) is 74.5 Å². The van der Waals surface area contributed by atoms with Crippen molar-refractivity contribution < 1.29 is 0 Å². The van der Waals surface area contributed by atoms with Gasteiger partial charge in [-0.1, -0.05) is 60.7 Å². The van der Waals surface area contributed by atoms with Crippen LogP contribution in [0, 0.1) is 13.8 Å². The van der Waals surface area contributed by atoms with E-state index in [0.717, 1.165) is 77.5 Å². The predicted octanol–water partition coefficient (Wildman–Crippen LogP) is 7.83. The number of hydrogen-bond donors (Lipinski definition) is 0. The molecule has 4 aromatic carbocycles. The Morgan fingerprint density at radius 3 is 1.69 bits per heavy atom. The Kier molecular flexibility index (Phi) is 4.55. The molecule has 0 saturated carbocycles. The van der Waals surface area contributed by atoms with Gasteiger partial charge in [0.15, 0.2) is 0 Å². The lowest BCUT2D eigenvalue weighted by atomic mass is 9.93. The molecule has 0 fully saturated rings. The zero-order chi connectivity index (χ0) is 24.2. The highest BCUT2D eigenvalue weighted by Crippen LogP contribution is 2.39. The summed E-state index contributed by atoms with van der Waals surface area (Å²) in [6, 6.07) is 33.1. The molecule has 0 aliphatic heterocycles. The first-order valence-electron chi connectivity index (χ1n) is 12.1. The zero-order valence-electron chi connectivity index (χ0n) is 20.0. The highest BCUT2D eigenvalue weighted by Gasteiger charge is 2.20. The Bertz CT molecular complexity index is 1970. The van der Waals surface area contributed by atoms with Gasteiger partial charge in [-0.3, -0.25) is 0 Å². The van der Waals surface area contributed by atoms with Gasteiger partial charge in [0.05, 0.1) is 44.5 Å². The van der Waals surface area contributed by atoms with Crippen molar-refractivity contribution in [2.45, 2.75) is 13.8 Å². The normalized spacial score (nSPS) is 11.6. The van der Waals surface area contributed by atoms with Gasteiger partial charge in [0.25, 0.3) is 0 Å². The molecule has 0 amide bonds. The van der Waals surface area contributed by atoms with Gasteiger partial charge in [0.2, 0.25) is 0 Å². The summed E-state index contributed by atoms with van der Waals surface area (Å²) in [4.78, 5) is 20.4. The van der Waals surface area contributed by atoms with Gasteiger partial charge in [-0.2, -0.15) is 0 Å². The smallest absolute Gasteiger partial charge is 0.0995 e.